The van der Waals surface area contributed by atoms with Gasteiger partial charge in [0.2, 0.25) is 15.7 Å². The van der Waals surface area contributed by atoms with Crippen LogP contribution in [0.15, 0.2) is 103 Å². The largest absolute Gasteiger partial charge is 0.449 e. The molecule has 0 amide bonds. The molecule has 1 atom stereocenters. The SMILES string of the molecule is CCOCCOCCOCOc1[nH]nnc1C(N)C(N)=C(c1c[nH]c2ccc(Cl)cc12)S(=O)(=O)c1ccccc1.c1c[nH]nn1.c1c[nH]nn1.c1c[nH]nn1. The van der Waals surface area contributed by atoms with E-state index in [1.165, 1.54) is 12.1 Å². The van der Waals surface area contributed by atoms with Gasteiger partial charge in [0.1, 0.15) is 10.6 Å². The molecule has 0 bridgehead atoms. The maximum Gasteiger partial charge on any atom is 0.237 e. The molecule has 0 aliphatic heterocycles. The van der Waals surface area contributed by atoms with Gasteiger partial charge in [0.05, 0.1) is 61.7 Å². The molecule has 0 saturated heterocycles. The van der Waals surface area contributed by atoms with Gasteiger partial charge in [0.25, 0.3) is 0 Å². The van der Waals surface area contributed by atoms with Crippen LogP contribution in [0.2, 0.25) is 5.02 Å². The number of halogens is 1. The molecule has 5 heterocycles. The fraction of sp³-hybridized carbons (Fsp3) is 0.250. The van der Waals surface area contributed by atoms with E-state index < -0.39 is 15.9 Å². The van der Waals surface area contributed by atoms with Crippen molar-refractivity contribution in [3.05, 3.63) is 114 Å². The van der Waals surface area contributed by atoms with Crippen LogP contribution in [0.3, 0.4) is 0 Å². The summed E-state index contributed by atoms with van der Waals surface area (Å²) in [6.45, 7) is 4.00. The number of fused-ring (bicyclic) bond motifs is 1. The number of hydrogen-bond donors (Lipinski definition) is 7. The van der Waals surface area contributed by atoms with Gasteiger partial charge in [-0.15, -0.1) is 20.4 Å². The number of ether oxygens (including phenoxy) is 4. The van der Waals surface area contributed by atoms with Crippen molar-refractivity contribution < 1.29 is 27.4 Å². The van der Waals surface area contributed by atoms with E-state index in [9.17, 15) is 8.42 Å². The fourth-order valence-corrected chi connectivity index (χ4v) is 6.24. The molecule has 0 aliphatic carbocycles. The second-order valence-electron chi connectivity index (χ2n) is 10.5. The van der Waals surface area contributed by atoms with Crippen LogP contribution < -0.4 is 16.2 Å². The molecule has 292 valence electrons. The average molecular weight is 798 g/mol. The van der Waals surface area contributed by atoms with E-state index in [0.717, 1.165) is 0 Å². The van der Waals surface area contributed by atoms with Crippen LogP contribution in [0.5, 0.6) is 5.88 Å². The Morgan fingerprint density at radius 1 is 0.836 bits per heavy atom. The van der Waals surface area contributed by atoms with Crippen molar-refractivity contribution in [2.75, 3.05) is 39.8 Å². The van der Waals surface area contributed by atoms with Crippen molar-refractivity contribution in [1.82, 2.24) is 66.6 Å². The molecule has 9 N–H and O–H groups in total. The lowest BCUT2D eigenvalue weighted by Crippen LogP contribution is -2.24. The first kappa shape index (κ1) is 41.7. The second kappa shape index (κ2) is 22.9. The third-order valence-corrected chi connectivity index (χ3v) is 8.99. The summed E-state index contributed by atoms with van der Waals surface area (Å²) in [4.78, 5) is 2.93. The highest BCUT2D eigenvalue weighted by Gasteiger charge is 2.32. The molecule has 7 aromatic rings. The van der Waals surface area contributed by atoms with Crippen LogP contribution in [-0.4, -0.2) is 115 Å². The molecule has 5 aromatic heterocycles. The first-order chi connectivity index (χ1) is 26.8. The molecule has 0 fully saturated rings. The van der Waals surface area contributed by atoms with Gasteiger partial charge in [-0.05, 0) is 37.3 Å². The topological polar surface area (TPSA) is 305 Å². The molecule has 55 heavy (non-hydrogen) atoms. The van der Waals surface area contributed by atoms with Crippen molar-refractivity contribution in [3.63, 3.8) is 0 Å². The molecule has 7 rings (SSSR count). The normalized spacial score (nSPS) is 11.9. The van der Waals surface area contributed by atoms with Crippen LogP contribution in [0.1, 0.15) is 24.2 Å². The Kier molecular flexibility index (Phi) is 17.4. The van der Waals surface area contributed by atoms with Crippen molar-refractivity contribution in [2.45, 2.75) is 17.9 Å². The van der Waals surface area contributed by atoms with Gasteiger partial charge in [-0.3, -0.25) is 15.3 Å². The van der Waals surface area contributed by atoms with E-state index in [4.69, 9.17) is 42.0 Å². The minimum atomic E-state index is -4.15. The zero-order valence-corrected chi connectivity index (χ0v) is 31.0. The molecule has 0 radical (unpaired) electrons. The van der Waals surface area contributed by atoms with Crippen LogP contribution in [0.4, 0.5) is 0 Å². The molecule has 0 spiro atoms. The fourth-order valence-electron chi connectivity index (χ4n) is 4.42. The van der Waals surface area contributed by atoms with Crippen LogP contribution in [-0.2, 0) is 24.0 Å². The number of nitrogens with zero attached hydrogens (tertiary/aromatic N) is 8. The summed E-state index contributed by atoms with van der Waals surface area (Å²) in [6, 6.07) is 11.8. The van der Waals surface area contributed by atoms with E-state index in [1.807, 2.05) is 6.92 Å². The molecule has 0 saturated carbocycles. The van der Waals surface area contributed by atoms with Gasteiger partial charge in [0, 0.05) is 52.9 Å². The van der Waals surface area contributed by atoms with Crippen molar-refractivity contribution in [2.24, 2.45) is 11.5 Å². The smallest absolute Gasteiger partial charge is 0.237 e. The average Bonchev–Trinajstić information content (AvgIpc) is 4.06. The first-order valence-electron chi connectivity index (χ1n) is 16.3. The number of nitrogens with two attached hydrogens (primary N) is 2. The molecule has 0 aliphatic rings. The molecular weight excluding hydrogens is 758 g/mol. The lowest BCUT2D eigenvalue weighted by atomic mass is 10.1. The minimum absolute atomic E-state index is 0.0463. The summed E-state index contributed by atoms with van der Waals surface area (Å²) >= 11 is 6.24. The van der Waals surface area contributed by atoms with E-state index >= 15 is 0 Å². The Balaban J connectivity index is 0.000000367. The van der Waals surface area contributed by atoms with E-state index in [0.29, 0.717) is 47.9 Å². The summed E-state index contributed by atoms with van der Waals surface area (Å²) < 4.78 is 49.5. The molecule has 21 nitrogen and oxygen atoms in total. The second-order valence-corrected chi connectivity index (χ2v) is 12.8. The summed E-state index contributed by atoms with van der Waals surface area (Å²) in [5, 5.41) is 39.2. The van der Waals surface area contributed by atoms with Gasteiger partial charge in [-0.1, -0.05) is 50.7 Å². The predicted molar refractivity (Wildman–Crippen MR) is 199 cm³/mol. The number of aromatic nitrogens is 13. The highest BCUT2D eigenvalue weighted by Crippen LogP contribution is 2.38. The van der Waals surface area contributed by atoms with E-state index in [2.05, 4.69) is 66.6 Å². The maximum absolute atomic E-state index is 14.0. The number of H-pyrrole nitrogens is 5. The van der Waals surface area contributed by atoms with Crippen LogP contribution >= 0.6 is 11.6 Å². The first-order valence-corrected chi connectivity index (χ1v) is 18.2. The Morgan fingerprint density at radius 3 is 2.02 bits per heavy atom. The molecule has 23 heteroatoms. The third-order valence-electron chi connectivity index (χ3n) is 6.87. The summed E-state index contributed by atoms with van der Waals surface area (Å²) in [5.41, 5.74) is 14.0. The van der Waals surface area contributed by atoms with Gasteiger partial charge in [-0.25, -0.2) is 13.5 Å². The molecule has 1 unspecified atom stereocenters. The highest BCUT2D eigenvalue weighted by molar-refractivity contribution is 8.00. The Morgan fingerprint density at radius 2 is 1.45 bits per heavy atom. The Labute approximate surface area is 319 Å². The third kappa shape index (κ3) is 13.1. The Hall–Kier alpha value is -6.04. The molecular formula is C32H40ClN15O6S. The van der Waals surface area contributed by atoms with Gasteiger partial charge >= 0.3 is 0 Å². The van der Waals surface area contributed by atoms with Gasteiger partial charge in [-0.2, -0.15) is 0 Å². The number of hydrogen-bond acceptors (Lipinski definition) is 16. The summed E-state index contributed by atoms with van der Waals surface area (Å²) in [6.07, 6.45) is 11.3. The Bertz CT molecular complexity index is 2050. The van der Waals surface area contributed by atoms with E-state index in [1.54, 1.807) is 79.8 Å². The van der Waals surface area contributed by atoms with Crippen molar-refractivity contribution >= 4 is 37.2 Å². The monoisotopic (exact) mass is 797 g/mol. The van der Waals surface area contributed by atoms with Crippen molar-refractivity contribution in [1.29, 1.82) is 0 Å². The summed E-state index contributed by atoms with van der Waals surface area (Å²) in [7, 11) is -4.15. The quantitative estimate of drug-likeness (QED) is 0.0579. The number of sulfone groups is 1. The lowest BCUT2D eigenvalue weighted by molar-refractivity contribution is -0.0276. The zero-order valence-electron chi connectivity index (χ0n) is 29.4. The number of nitrogens with one attached hydrogen (secondary N) is 5. The predicted octanol–water partition coefficient (Wildman–Crippen LogP) is 2.56. The number of benzene rings is 2. The number of rotatable bonds is 15. The standard InChI is InChI=1S/C26H31ClN6O6S.3C2H3N3/c1-2-36-10-11-37-12-13-38-16-39-26-24(31-33-32-26)22(28)23(29)25(40(34,35)18-6-4-3-5-7-18)20-15-30-21-9-8-17(27)14-19(20)21;3*1-2-4-5-3-1/h3-9,14-15,22,30H,2,10-13,16,28-29H2,1H3,(H,31,32,33);3*1-2H,(H,3,4,5). The van der Waals surface area contributed by atoms with E-state index in [-0.39, 0.29) is 40.5 Å². The maximum atomic E-state index is 14.0. The highest BCUT2D eigenvalue weighted by atomic mass is 35.5. The minimum Gasteiger partial charge on any atom is -0.449 e. The van der Waals surface area contributed by atoms with Gasteiger partial charge in [0.15, 0.2) is 6.79 Å². The summed E-state index contributed by atoms with van der Waals surface area (Å²) in [5.74, 6) is 0.0890. The molecule has 2 aromatic carbocycles. The number of aromatic amines is 5. The van der Waals surface area contributed by atoms with Crippen LogP contribution in [0, 0.1) is 0 Å². The van der Waals surface area contributed by atoms with Gasteiger partial charge < -0.3 is 35.4 Å². The lowest BCUT2D eigenvalue weighted by Gasteiger charge is -2.18. The zero-order chi connectivity index (χ0) is 39.1. The van der Waals surface area contributed by atoms with Crippen molar-refractivity contribution in [3.8, 4) is 5.88 Å². The van der Waals surface area contributed by atoms with Crippen LogP contribution in [0.25, 0.3) is 15.8 Å².